The molecular formula is C22H25N3O6S. The standard InChI is InChI=1S/C22H25N3O6S/c1-3-30-17-6-4-16(5-7-17)22(27)24-8-10-25(11-9-24)32(28,29)20-13-19-18(12-15(20)2)23-21(26)14-31-19/h4-7,12-13H,3,8-11,14H2,1-2H3,(H,23,26). The van der Waals surface area contributed by atoms with E-state index >= 15 is 0 Å². The molecule has 32 heavy (non-hydrogen) atoms. The number of amides is 2. The topological polar surface area (TPSA) is 105 Å². The number of rotatable bonds is 5. The third-order valence-electron chi connectivity index (χ3n) is 5.47. The quantitative estimate of drug-likeness (QED) is 0.732. The van der Waals surface area contributed by atoms with Crippen LogP contribution in [0.2, 0.25) is 0 Å². The minimum absolute atomic E-state index is 0.138. The zero-order valence-electron chi connectivity index (χ0n) is 18.0. The number of nitrogens with zero attached hydrogens (tertiary/aromatic N) is 2. The largest absolute Gasteiger partial charge is 0.494 e. The number of fused-ring (bicyclic) bond motifs is 1. The first-order chi connectivity index (χ1) is 15.3. The molecule has 10 heteroatoms. The maximum Gasteiger partial charge on any atom is 0.262 e. The van der Waals surface area contributed by atoms with Gasteiger partial charge >= 0.3 is 0 Å². The molecule has 9 nitrogen and oxygen atoms in total. The van der Waals surface area contributed by atoms with E-state index in [4.69, 9.17) is 9.47 Å². The predicted molar refractivity (Wildman–Crippen MR) is 118 cm³/mol. The van der Waals surface area contributed by atoms with Crippen LogP contribution in [0.15, 0.2) is 41.3 Å². The Kier molecular flexibility index (Phi) is 6.07. The van der Waals surface area contributed by atoms with E-state index in [-0.39, 0.29) is 36.4 Å². The van der Waals surface area contributed by atoms with Crippen molar-refractivity contribution in [3.05, 3.63) is 47.5 Å². The lowest BCUT2D eigenvalue weighted by molar-refractivity contribution is -0.118. The van der Waals surface area contributed by atoms with Gasteiger partial charge in [-0.3, -0.25) is 9.59 Å². The van der Waals surface area contributed by atoms with Gasteiger partial charge in [-0.1, -0.05) is 0 Å². The number of hydrogen-bond acceptors (Lipinski definition) is 6. The highest BCUT2D eigenvalue weighted by Crippen LogP contribution is 2.34. The minimum Gasteiger partial charge on any atom is -0.494 e. The van der Waals surface area contributed by atoms with Gasteiger partial charge in [-0.15, -0.1) is 0 Å². The number of carbonyl (C=O) groups is 2. The van der Waals surface area contributed by atoms with Gasteiger partial charge in [0, 0.05) is 37.8 Å². The highest BCUT2D eigenvalue weighted by atomic mass is 32.2. The van der Waals surface area contributed by atoms with Crippen LogP contribution in [0.25, 0.3) is 0 Å². The Labute approximate surface area is 187 Å². The second-order valence-corrected chi connectivity index (χ2v) is 9.51. The molecule has 2 heterocycles. The van der Waals surface area contributed by atoms with Crippen LogP contribution >= 0.6 is 0 Å². The molecule has 2 amide bonds. The average Bonchev–Trinajstić information content (AvgIpc) is 2.79. The molecule has 0 aliphatic carbocycles. The first-order valence-electron chi connectivity index (χ1n) is 10.4. The molecule has 4 rings (SSSR count). The summed E-state index contributed by atoms with van der Waals surface area (Å²) in [6.45, 7) is 4.95. The van der Waals surface area contributed by atoms with Gasteiger partial charge in [0.2, 0.25) is 10.0 Å². The van der Waals surface area contributed by atoms with Gasteiger partial charge in [-0.2, -0.15) is 4.31 Å². The van der Waals surface area contributed by atoms with E-state index in [2.05, 4.69) is 5.32 Å². The summed E-state index contributed by atoms with van der Waals surface area (Å²) in [6, 6.07) is 9.99. The van der Waals surface area contributed by atoms with Crippen LogP contribution in [0, 0.1) is 6.92 Å². The summed E-state index contributed by atoms with van der Waals surface area (Å²) in [7, 11) is -3.78. The maximum atomic E-state index is 13.3. The molecule has 2 aliphatic heterocycles. The van der Waals surface area contributed by atoms with Gasteiger partial charge in [0.1, 0.15) is 11.5 Å². The zero-order valence-corrected chi connectivity index (χ0v) is 18.8. The van der Waals surface area contributed by atoms with Crippen molar-refractivity contribution in [2.75, 3.05) is 44.7 Å². The molecule has 0 atom stereocenters. The number of sulfonamides is 1. The van der Waals surface area contributed by atoms with Gasteiger partial charge in [0.05, 0.1) is 17.2 Å². The van der Waals surface area contributed by atoms with Crippen LogP contribution in [0.1, 0.15) is 22.8 Å². The summed E-state index contributed by atoms with van der Waals surface area (Å²) in [6.07, 6.45) is 0. The molecule has 2 aromatic rings. The molecule has 0 bridgehead atoms. The van der Waals surface area contributed by atoms with Crippen LogP contribution in [0.4, 0.5) is 5.69 Å². The Morgan fingerprint density at radius 1 is 1.12 bits per heavy atom. The van der Waals surface area contributed by atoms with E-state index in [0.717, 1.165) is 0 Å². The molecule has 1 N–H and O–H groups in total. The molecule has 2 aromatic carbocycles. The number of ether oxygens (including phenoxy) is 2. The van der Waals surface area contributed by atoms with Gasteiger partial charge in [0.25, 0.3) is 11.8 Å². The first kappa shape index (κ1) is 22.1. The van der Waals surface area contributed by atoms with Crippen molar-refractivity contribution in [3.8, 4) is 11.5 Å². The number of carbonyl (C=O) groups excluding carboxylic acids is 2. The molecule has 0 aromatic heterocycles. The van der Waals surface area contributed by atoms with Gasteiger partial charge in [0.15, 0.2) is 6.61 Å². The van der Waals surface area contributed by atoms with E-state index in [1.54, 1.807) is 42.2 Å². The summed E-state index contributed by atoms with van der Waals surface area (Å²) in [4.78, 5) is 26.1. The number of anilines is 1. The fourth-order valence-electron chi connectivity index (χ4n) is 3.81. The van der Waals surface area contributed by atoms with Gasteiger partial charge in [-0.05, 0) is 49.7 Å². The fraction of sp³-hybridized carbons (Fsp3) is 0.364. The number of aryl methyl sites for hydroxylation is 1. The molecule has 0 spiro atoms. The lowest BCUT2D eigenvalue weighted by Gasteiger charge is -2.34. The number of nitrogens with one attached hydrogen (secondary N) is 1. The fourth-order valence-corrected chi connectivity index (χ4v) is 5.45. The monoisotopic (exact) mass is 459 g/mol. The molecule has 2 aliphatic rings. The Bertz CT molecular complexity index is 1140. The normalized spacial score (nSPS) is 16.7. The van der Waals surface area contributed by atoms with Gasteiger partial charge < -0.3 is 19.7 Å². The SMILES string of the molecule is CCOc1ccc(C(=O)N2CCN(S(=O)(=O)c3cc4c(cc3C)NC(=O)CO4)CC2)cc1. The van der Waals surface area contributed by atoms with E-state index in [1.165, 1.54) is 10.4 Å². The van der Waals surface area contributed by atoms with E-state index < -0.39 is 10.0 Å². The predicted octanol–water partition coefficient (Wildman–Crippen LogP) is 1.87. The number of benzene rings is 2. The van der Waals surface area contributed by atoms with Gasteiger partial charge in [-0.25, -0.2) is 8.42 Å². The smallest absolute Gasteiger partial charge is 0.262 e. The highest BCUT2D eigenvalue weighted by Gasteiger charge is 2.32. The third-order valence-corrected chi connectivity index (χ3v) is 7.51. The summed E-state index contributed by atoms with van der Waals surface area (Å²) >= 11 is 0. The Morgan fingerprint density at radius 2 is 1.81 bits per heavy atom. The first-order valence-corrected chi connectivity index (χ1v) is 11.8. The Hall–Kier alpha value is -3.11. The summed E-state index contributed by atoms with van der Waals surface area (Å²) < 4.78 is 38.7. The van der Waals surface area contributed by atoms with Crippen molar-refractivity contribution in [2.24, 2.45) is 0 Å². The van der Waals surface area contributed by atoms with Crippen LogP contribution in [-0.4, -0.2) is 68.8 Å². The second-order valence-electron chi connectivity index (χ2n) is 7.60. The Balaban J connectivity index is 1.45. The van der Waals surface area contributed by atoms with Crippen LogP contribution in [0.3, 0.4) is 0 Å². The molecule has 1 saturated heterocycles. The van der Waals surface area contributed by atoms with Crippen molar-refractivity contribution in [3.63, 3.8) is 0 Å². The highest BCUT2D eigenvalue weighted by molar-refractivity contribution is 7.89. The Morgan fingerprint density at radius 3 is 2.47 bits per heavy atom. The average molecular weight is 460 g/mol. The zero-order chi connectivity index (χ0) is 22.9. The van der Waals surface area contributed by atoms with Crippen molar-refractivity contribution < 1.29 is 27.5 Å². The lowest BCUT2D eigenvalue weighted by atomic mass is 10.2. The van der Waals surface area contributed by atoms with Crippen molar-refractivity contribution in [2.45, 2.75) is 18.7 Å². The summed E-state index contributed by atoms with van der Waals surface area (Å²) in [5.74, 6) is 0.613. The summed E-state index contributed by atoms with van der Waals surface area (Å²) in [5.41, 5.74) is 1.51. The van der Waals surface area contributed by atoms with Crippen molar-refractivity contribution >= 4 is 27.5 Å². The number of piperazine rings is 1. The number of hydrogen-bond donors (Lipinski definition) is 1. The van der Waals surface area contributed by atoms with Crippen LogP contribution < -0.4 is 14.8 Å². The summed E-state index contributed by atoms with van der Waals surface area (Å²) in [5, 5.41) is 2.68. The third kappa shape index (κ3) is 4.28. The molecule has 0 radical (unpaired) electrons. The van der Waals surface area contributed by atoms with Crippen LogP contribution in [0.5, 0.6) is 11.5 Å². The molecule has 170 valence electrons. The van der Waals surface area contributed by atoms with E-state index in [1.807, 2.05) is 6.92 Å². The molecule has 1 fully saturated rings. The maximum absolute atomic E-state index is 13.3. The lowest BCUT2D eigenvalue weighted by Crippen LogP contribution is -2.50. The molecular weight excluding hydrogens is 434 g/mol. The van der Waals surface area contributed by atoms with Crippen molar-refractivity contribution in [1.29, 1.82) is 0 Å². The molecule has 0 saturated carbocycles. The van der Waals surface area contributed by atoms with E-state index in [9.17, 15) is 18.0 Å². The van der Waals surface area contributed by atoms with Crippen LogP contribution in [-0.2, 0) is 14.8 Å². The molecule has 0 unspecified atom stereocenters. The van der Waals surface area contributed by atoms with E-state index in [0.29, 0.717) is 48.0 Å². The minimum atomic E-state index is -3.78. The van der Waals surface area contributed by atoms with Crippen molar-refractivity contribution in [1.82, 2.24) is 9.21 Å². The second kappa shape index (κ2) is 8.79.